The number of nitrogens with two attached hydrogens (primary N) is 1. The molecule has 1 aromatic rings. The highest BCUT2D eigenvalue weighted by Gasteiger charge is 2.33. The van der Waals surface area contributed by atoms with Gasteiger partial charge in [-0.25, -0.2) is 4.99 Å². The molecule has 0 aromatic heterocycles. The van der Waals surface area contributed by atoms with Crippen molar-refractivity contribution < 1.29 is 13.2 Å². The second kappa shape index (κ2) is 5.91. The summed E-state index contributed by atoms with van der Waals surface area (Å²) in [5.41, 5.74) is 6.07. The van der Waals surface area contributed by atoms with Crippen LogP contribution in [0.15, 0.2) is 40.5 Å². The first kappa shape index (κ1) is 14.6. The molecule has 0 amide bonds. The van der Waals surface area contributed by atoms with Crippen LogP contribution in [-0.4, -0.2) is 12.0 Å². The van der Waals surface area contributed by atoms with Gasteiger partial charge in [-0.1, -0.05) is 48.9 Å². The summed E-state index contributed by atoms with van der Waals surface area (Å²) in [5.74, 6) is -1.45. The van der Waals surface area contributed by atoms with Crippen LogP contribution in [0.1, 0.15) is 18.9 Å². The van der Waals surface area contributed by atoms with Crippen molar-refractivity contribution >= 4 is 23.0 Å². The van der Waals surface area contributed by atoms with Crippen molar-refractivity contribution in [1.29, 1.82) is 0 Å². The van der Waals surface area contributed by atoms with Gasteiger partial charge in [0.2, 0.25) is 5.84 Å². The Bertz CT molecular complexity index is 464. The first-order valence-corrected chi connectivity index (χ1v) is 5.59. The molecule has 2 N–H and O–H groups in total. The van der Waals surface area contributed by atoms with E-state index in [0.29, 0.717) is 12.0 Å². The van der Waals surface area contributed by atoms with Crippen molar-refractivity contribution in [3.05, 3.63) is 41.1 Å². The predicted molar refractivity (Wildman–Crippen MR) is 67.2 cm³/mol. The number of amidine groups is 1. The lowest BCUT2D eigenvalue weighted by atomic mass is 10.1. The van der Waals surface area contributed by atoms with E-state index in [4.69, 9.17) is 17.3 Å². The summed E-state index contributed by atoms with van der Waals surface area (Å²) in [5, 5.41) is -0.237. The fourth-order valence-corrected chi connectivity index (χ4v) is 1.68. The summed E-state index contributed by atoms with van der Waals surface area (Å²) < 4.78 is 36.7. The van der Waals surface area contributed by atoms with E-state index in [1.807, 2.05) is 0 Å². The summed E-state index contributed by atoms with van der Waals surface area (Å²) in [4.78, 5) is 3.21. The van der Waals surface area contributed by atoms with Gasteiger partial charge < -0.3 is 5.73 Å². The second-order valence-corrected chi connectivity index (χ2v) is 3.84. The molecule has 0 spiro atoms. The molecular formula is C12H12ClF3N2. The third-order valence-corrected chi connectivity index (χ3v) is 2.55. The maximum absolute atomic E-state index is 12.2. The minimum absolute atomic E-state index is 0.237. The van der Waals surface area contributed by atoms with Gasteiger partial charge in [-0.3, -0.25) is 0 Å². The number of hydrogen-bond donors (Lipinski definition) is 1. The van der Waals surface area contributed by atoms with E-state index in [2.05, 4.69) is 4.99 Å². The Morgan fingerprint density at radius 2 is 1.83 bits per heavy atom. The van der Waals surface area contributed by atoms with Gasteiger partial charge in [-0.15, -0.1) is 0 Å². The van der Waals surface area contributed by atoms with Gasteiger partial charge in [0.1, 0.15) is 5.16 Å². The molecule has 0 aliphatic carbocycles. The van der Waals surface area contributed by atoms with Gasteiger partial charge in [0.05, 0.1) is 0 Å². The molecule has 0 bridgehead atoms. The Labute approximate surface area is 108 Å². The summed E-state index contributed by atoms with van der Waals surface area (Å²) >= 11 is 5.79. The van der Waals surface area contributed by atoms with Crippen LogP contribution < -0.4 is 5.73 Å². The van der Waals surface area contributed by atoms with Gasteiger partial charge in [-0.05, 0) is 17.6 Å². The van der Waals surface area contributed by atoms with Gasteiger partial charge in [0.25, 0.3) is 0 Å². The molecule has 0 fully saturated rings. The van der Waals surface area contributed by atoms with E-state index in [1.54, 1.807) is 37.3 Å². The molecule has 0 aliphatic heterocycles. The lowest BCUT2D eigenvalue weighted by Crippen LogP contribution is -2.31. The standard InChI is InChI=1S/C12H12ClF3N2/c1-2-9(8-6-4-3-5-7-8)10(13)18-11(17)12(14,15)16/h3-7H,2H2,1H3,(H2,17,18)/b10-9+. The fraction of sp³-hybridized carbons (Fsp3) is 0.250. The molecule has 98 valence electrons. The maximum Gasteiger partial charge on any atom is 0.449 e. The lowest BCUT2D eigenvalue weighted by Gasteiger charge is -2.08. The van der Waals surface area contributed by atoms with Crippen LogP contribution in [-0.2, 0) is 0 Å². The Hall–Kier alpha value is -1.49. The fourth-order valence-electron chi connectivity index (χ4n) is 1.35. The molecule has 0 saturated heterocycles. The lowest BCUT2D eigenvalue weighted by molar-refractivity contribution is -0.0598. The van der Waals surface area contributed by atoms with Crippen LogP contribution in [0, 0.1) is 0 Å². The molecule has 0 saturated carbocycles. The van der Waals surface area contributed by atoms with Crippen molar-refractivity contribution in [2.75, 3.05) is 0 Å². The summed E-state index contributed by atoms with van der Waals surface area (Å²) in [6.45, 7) is 1.78. The number of nitrogens with zero attached hydrogens (tertiary/aromatic N) is 1. The predicted octanol–water partition coefficient (Wildman–Crippen LogP) is 3.92. The van der Waals surface area contributed by atoms with Crippen molar-refractivity contribution in [1.82, 2.24) is 0 Å². The number of allylic oxidation sites excluding steroid dienone is 1. The third kappa shape index (κ3) is 3.77. The normalized spacial score (nSPS) is 14.4. The molecule has 0 aliphatic rings. The summed E-state index contributed by atoms with van der Waals surface area (Å²) in [7, 11) is 0. The number of halogens is 4. The largest absolute Gasteiger partial charge is 0.449 e. The second-order valence-electron chi connectivity index (χ2n) is 3.48. The highest BCUT2D eigenvalue weighted by atomic mass is 35.5. The van der Waals surface area contributed by atoms with Gasteiger partial charge >= 0.3 is 6.18 Å². The molecule has 18 heavy (non-hydrogen) atoms. The number of rotatable bonds is 3. The van der Waals surface area contributed by atoms with Crippen LogP contribution in [0.25, 0.3) is 5.57 Å². The zero-order chi connectivity index (χ0) is 13.8. The molecule has 0 radical (unpaired) electrons. The zero-order valence-corrected chi connectivity index (χ0v) is 10.4. The van der Waals surface area contributed by atoms with E-state index in [1.165, 1.54) is 0 Å². The van der Waals surface area contributed by atoms with Crippen molar-refractivity contribution in [3.8, 4) is 0 Å². The molecule has 0 heterocycles. The highest BCUT2D eigenvalue weighted by molar-refractivity contribution is 6.33. The topological polar surface area (TPSA) is 38.4 Å². The SMILES string of the molecule is CC/C(=C(Cl)\N=C(\N)C(F)(F)F)c1ccccc1. The van der Waals surface area contributed by atoms with Crippen molar-refractivity contribution in [2.45, 2.75) is 19.5 Å². The first-order chi connectivity index (χ1) is 8.36. The van der Waals surface area contributed by atoms with Crippen LogP contribution in [0.2, 0.25) is 0 Å². The summed E-state index contributed by atoms with van der Waals surface area (Å²) in [6, 6.07) is 8.84. The molecular weight excluding hydrogens is 265 g/mol. The van der Waals surface area contributed by atoms with E-state index in [0.717, 1.165) is 5.56 Å². The zero-order valence-electron chi connectivity index (χ0n) is 9.63. The van der Waals surface area contributed by atoms with E-state index in [9.17, 15) is 13.2 Å². The van der Waals surface area contributed by atoms with E-state index < -0.39 is 12.0 Å². The van der Waals surface area contributed by atoms with Gasteiger partial charge in [0.15, 0.2) is 0 Å². The Morgan fingerprint density at radius 3 is 2.28 bits per heavy atom. The van der Waals surface area contributed by atoms with E-state index >= 15 is 0 Å². The molecule has 0 unspecified atom stereocenters. The average molecular weight is 277 g/mol. The Kier molecular flexibility index (Phi) is 4.78. The number of aliphatic imine (C=N–C) groups is 1. The number of hydrogen-bond acceptors (Lipinski definition) is 1. The smallest absolute Gasteiger partial charge is 0.380 e. The van der Waals surface area contributed by atoms with Crippen LogP contribution >= 0.6 is 11.6 Å². The van der Waals surface area contributed by atoms with Crippen LogP contribution in [0.4, 0.5) is 13.2 Å². The molecule has 6 heteroatoms. The average Bonchev–Trinajstić information content (AvgIpc) is 2.30. The Balaban J connectivity index is 3.17. The minimum atomic E-state index is -4.67. The monoisotopic (exact) mass is 276 g/mol. The molecule has 0 atom stereocenters. The highest BCUT2D eigenvalue weighted by Crippen LogP contribution is 2.26. The Morgan fingerprint density at radius 1 is 1.28 bits per heavy atom. The third-order valence-electron chi connectivity index (χ3n) is 2.23. The van der Waals surface area contributed by atoms with Gasteiger partial charge in [0, 0.05) is 0 Å². The van der Waals surface area contributed by atoms with Crippen molar-refractivity contribution in [2.24, 2.45) is 10.7 Å². The van der Waals surface area contributed by atoms with Crippen LogP contribution in [0.5, 0.6) is 0 Å². The number of benzene rings is 1. The molecule has 2 nitrogen and oxygen atoms in total. The van der Waals surface area contributed by atoms with Crippen molar-refractivity contribution in [3.63, 3.8) is 0 Å². The molecule has 1 aromatic carbocycles. The summed E-state index contributed by atoms with van der Waals surface area (Å²) in [6.07, 6.45) is -4.22. The quantitative estimate of drug-likeness (QED) is 0.507. The first-order valence-electron chi connectivity index (χ1n) is 5.21. The van der Waals surface area contributed by atoms with Gasteiger partial charge in [-0.2, -0.15) is 13.2 Å². The van der Waals surface area contributed by atoms with Crippen LogP contribution in [0.3, 0.4) is 0 Å². The minimum Gasteiger partial charge on any atom is -0.380 e. The van der Waals surface area contributed by atoms with E-state index in [-0.39, 0.29) is 5.16 Å². The number of alkyl halides is 3. The molecule has 1 rings (SSSR count). The maximum atomic E-state index is 12.2.